The Kier molecular flexibility index (Phi) is 8.68. The van der Waals surface area contributed by atoms with Crippen molar-refractivity contribution in [1.82, 2.24) is 10.6 Å². The zero-order valence-corrected chi connectivity index (χ0v) is 16.2. The number of rotatable bonds is 9. The van der Waals surface area contributed by atoms with Crippen LogP contribution in [-0.2, 0) is 6.42 Å². The van der Waals surface area contributed by atoms with Gasteiger partial charge in [0.25, 0.3) is 0 Å². The Hall–Kier alpha value is -2.67. The normalized spacial score (nSPS) is 12.7. The maximum absolute atomic E-state index is 12.2. The van der Waals surface area contributed by atoms with Crippen LogP contribution in [0.25, 0.3) is 0 Å². The van der Waals surface area contributed by atoms with Crippen LogP contribution in [0.3, 0.4) is 0 Å². The first-order valence-corrected chi connectivity index (χ1v) is 9.29. The molecule has 0 saturated carbocycles. The first-order chi connectivity index (χ1) is 13.5. The summed E-state index contributed by atoms with van der Waals surface area (Å²) >= 11 is 0. The first-order valence-electron chi connectivity index (χ1n) is 9.29. The Morgan fingerprint density at radius 2 is 1.82 bits per heavy atom. The smallest absolute Gasteiger partial charge is 0.387 e. The number of benzene rings is 2. The van der Waals surface area contributed by atoms with Crippen molar-refractivity contribution >= 4 is 5.96 Å². The van der Waals surface area contributed by atoms with Crippen molar-refractivity contribution < 1.29 is 18.6 Å². The van der Waals surface area contributed by atoms with Crippen molar-refractivity contribution in [2.24, 2.45) is 4.99 Å². The van der Waals surface area contributed by atoms with Crippen molar-refractivity contribution in [2.75, 3.05) is 19.6 Å². The summed E-state index contributed by atoms with van der Waals surface area (Å²) in [5.74, 6) is 0.674. The molecule has 152 valence electrons. The van der Waals surface area contributed by atoms with Gasteiger partial charge in [0.05, 0.1) is 12.6 Å². The summed E-state index contributed by atoms with van der Waals surface area (Å²) in [6.45, 7) is 2.75. The van der Waals surface area contributed by atoms with E-state index in [1.54, 1.807) is 12.1 Å². The number of hydrogen-bond acceptors (Lipinski definition) is 3. The first kappa shape index (κ1) is 21.6. The number of alkyl halides is 2. The molecule has 2 aromatic rings. The van der Waals surface area contributed by atoms with Gasteiger partial charge in [-0.3, -0.25) is 4.99 Å². The lowest BCUT2D eigenvalue weighted by Crippen LogP contribution is -2.38. The third-order valence-corrected chi connectivity index (χ3v) is 4.20. The van der Waals surface area contributed by atoms with E-state index in [-0.39, 0.29) is 12.3 Å². The lowest BCUT2D eigenvalue weighted by molar-refractivity contribution is -0.0498. The Bertz CT molecular complexity index is 752. The average molecular weight is 391 g/mol. The number of nitrogens with zero attached hydrogens (tertiary/aromatic N) is 1. The maximum atomic E-state index is 12.2. The second-order valence-electron chi connectivity index (χ2n) is 6.29. The fraction of sp³-hybridized carbons (Fsp3) is 0.381. The van der Waals surface area contributed by atoms with Gasteiger partial charge in [-0.15, -0.1) is 0 Å². The lowest BCUT2D eigenvalue weighted by Gasteiger charge is -2.14. The molecular formula is C21H27F2N3O2. The molecule has 0 aliphatic rings. The molecule has 0 aliphatic carbocycles. The topological polar surface area (TPSA) is 65.9 Å². The Labute approximate surface area is 164 Å². The number of nitrogens with one attached hydrogen (secondary N) is 2. The molecule has 5 nitrogen and oxygen atoms in total. The zero-order chi connectivity index (χ0) is 20.4. The molecule has 1 unspecified atom stereocenters. The number of hydrogen-bond donors (Lipinski definition) is 3. The maximum Gasteiger partial charge on any atom is 0.387 e. The molecule has 3 N–H and O–H groups in total. The predicted octanol–water partition coefficient (Wildman–Crippen LogP) is 3.43. The molecule has 2 rings (SSSR count). The summed E-state index contributed by atoms with van der Waals surface area (Å²) in [5.41, 5.74) is 3.11. The van der Waals surface area contributed by atoms with Crippen molar-refractivity contribution in [3.05, 3.63) is 65.2 Å². The van der Waals surface area contributed by atoms with Crippen LogP contribution in [0.1, 0.15) is 29.7 Å². The van der Waals surface area contributed by atoms with E-state index in [4.69, 9.17) is 0 Å². The van der Waals surface area contributed by atoms with Gasteiger partial charge < -0.3 is 20.5 Å². The third kappa shape index (κ3) is 7.15. The molecule has 0 bridgehead atoms. The minimum absolute atomic E-state index is 0.0562. The highest BCUT2D eigenvalue weighted by molar-refractivity contribution is 5.79. The van der Waals surface area contributed by atoms with E-state index in [0.29, 0.717) is 24.6 Å². The highest BCUT2D eigenvalue weighted by Gasteiger charge is 2.09. The van der Waals surface area contributed by atoms with Gasteiger partial charge in [-0.1, -0.05) is 36.4 Å². The van der Waals surface area contributed by atoms with Crippen molar-refractivity contribution in [2.45, 2.75) is 33.0 Å². The highest BCUT2D eigenvalue weighted by Crippen LogP contribution is 2.19. The molecule has 28 heavy (non-hydrogen) atoms. The Balaban J connectivity index is 1.89. The minimum Gasteiger partial charge on any atom is -0.435 e. The summed E-state index contributed by atoms with van der Waals surface area (Å²) in [5, 5.41) is 16.7. The lowest BCUT2D eigenvalue weighted by atomic mass is 10.1. The molecule has 7 heteroatoms. The van der Waals surface area contributed by atoms with Crippen molar-refractivity contribution in [3.8, 4) is 5.75 Å². The predicted molar refractivity (Wildman–Crippen MR) is 107 cm³/mol. The quantitative estimate of drug-likeness (QED) is 0.453. The summed E-state index contributed by atoms with van der Waals surface area (Å²) in [4.78, 5) is 4.41. The third-order valence-electron chi connectivity index (χ3n) is 4.20. The molecular weight excluding hydrogens is 364 g/mol. The fourth-order valence-electron chi connectivity index (χ4n) is 2.70. The van der Waals surface area contributed by atoms with E-state index < -0.39 is 12.7 Å². The van der Waals surface area contributed by atoms with Crippen LogP contribution >= 0.6 is 0 Å². The Morgan fingerprint density at radius 1 is 1.11 bits per heavy atom. The van der Waals surface area contributed by atoms with Crippen molar-refractivity contribution in [1.29, 1.82) is 0 Å². The van der Waals surface area contributed by atoms with Crippen LogP contribution in [0.15, 0.2) is 53.5 Å². The van der Waals surface area contributed by atoms with Gasteiger partial charge >= 0.3 is 6.61 Å². The standard InChI is InChI=1S/C21H27F2N3O2/c1-3-24-21(25-13-12-16-7-5-4-6-15(16)2)26-14-19(27)17-8-10-18(11-9-17)28-20(22)23/h4-11,19-20,27H,3,12-14H2,1-2H3,(H2,24,25,26). The summed E-state index contributed by atoms with van der Waals surface area (Å²) < 4.78 is 28.7. The van der Waals surface area contributed by atoms with Gasteiger partial charge in [0.2, 0.25) is 0 Å². The van der Waals surface area contributed by atoms with Gasteiger partial charge in [0.1, 0.15) is 5.75 Å². The summed E-state index contributed by atoms with van der Waals surface area (Å²) in [6.07, 6.45) is 0.0260. The molecule has 0 fully saturated rings. The van der Waals surface area contributed by atoms with Gasteiger partial charge in [0.15, 0.2) is 5.96 Å². The Morgan fingerprint density at radius 3 is 2.46 bits per heavy atom. The zero-order valence-electron chi connectivity index (χ0n) is 16.2. The average Bonchev–Trinajstić information content (AvgIpc) is 2.67. The number of aliphatic hydroxyl groups excluding tert-OH is 1. The molecule has 0 heterocycles. The summed E-state index contributed by atoms with van der Waals surface area (Å²) in [7, 11) is 0. The van der Waals surface area contributed by atoms with Gasteiger partial charge in [0, 0.05) is 13.1 Å². The van der Waals surface area contributed by atoms with Crippen LogP contribution in [0, 0.1) is 6.92 Å². The molecule has 0 spiro atoms. The van der Waals surface area contributed by atoms with Crippen LogP contribution < -0.4 is 15.4 Å². The summed E-state index contributed by atoms with van der Waals surface area (Å²) in [6, 6.07) is 14.1. The second kappa shape index (κ2) is 11.2. The second-order valence-corrected chi connectivity index (χ2v) is 6.29. The molecule has 0 saturated heterocycles. The molecule has 0 radical (unpaired) electrons. The van der Waals surface area contributed by atoms with Gasteiger partial charge in [-0.25, -0.2) is 0 Å². The van der Waals surface area contributed by atoms with Gasteiger partial charge in [-0.2, -0.15) is 8.78 Å². The van der Waals surface area contributed by atoms with E-state index in [1.807, 2.05) is 19.1 Å². The largest absolute Gasteiger partial charge is 0.435 e. The highest BCUT2D eigenvalue weighted by atomic mass is 19.3. The number of halogens is 2. The molecule has 0 aromatic heterocycles. The number of aryl methyl sites for hydroxylation is 1. The minimum atomic E-state index is -2.87. The number of aliphatic imine (C=N–C) groups is 1. The number of ether oxygens (including phenoxy) is 1. The van der Waals surface area contributed by atoms with Crippen LogP contribution in [0.5, 0.6) is 5.75 Å². The van der Waals surface area contributed by atoms with E-state index in [1.165, 1.54) is 23.3 Å². The molecule has 0 aliphatic heterocycles. The van der Waals surface area contributed by atoms with E-state index in [2.05, 4.69) is 39.4 Å². The van der Waals surface area contributed by atoms with E-state index in [0.717, 1.165) is 6.42 Å². The van der Waals surface area contributed by atoms with E-state index >= 15 is 0 Å². The van der Waals surface area contributed by atoms with Gasteiger partial charge in [-0.05, 0) is 49.1 Å². The number of guanidine groups is 1. The van der Waals surface area contributed by atoms with Crippen LogP contribution in [-0.4, -0.2) is 37.3 Å². The fourth-order valence-corrected chi connectivity index (χ4v) is 2.70. The van der Waals surface area contributed by atoms with Crippen molar-refractivity contribution in [3.63, 3.8) is 0 Å². The molecule has 2 aromatic carbocycles. The van der Waals surface area contributed by atoms with E-state index in [9.17, 15) is 13.9 Å². The monoisotopic (exact) mass is 391 g/mol. The molecule has 0 amide bonds. The van der Waals surface area contributed by atoms with Crippen LogP contribution in [0.4, 0.5) is 8.78 Å². The molecule has 1 atom stereocenters. The van der Waals surface area contributed by atoms with Crippen LogP contribution in [0.2, 0.25) is 0 Å². The SMILES string of the molecule is CCNC(=NCC(O)c1ccc(OC(F)F)cc1)NCCc1ccccc1C. The number of aliphatic hydroxyl groups is 1.